The minimum atomic E-state index is -0.202. The molecule has 6 rings (SSSR count). The molecule has 0 amide bonds. The summed E-state index contributed by atoms with van der Waals surface area (Å²) in [6.07, 6.45) is 3.01. The zero-order valence-electron chi connectivity index (χ0n) is 17.0. The molecule has 0 radical (unpaired) electrons. The van der Waals surface area contributed by atoms with E-state index < -0.39 is 0 Å². The molecule has 0 spiro atoms. The van der Waals surface area contributed by atoms with Crippen molar-refractivity contribution < 1.29 is 4.52 Å². The van der Waals surface area contributed by atoms with Crippen LogP contribution in [0.3, 0.4) is 0 Å². The molecule has 0 N–H and O–H groups in total. The molecule has 11 heteroatoms. The molecule has 32 heavy (non-hydrogen) atoms. The number of anilines is 1. The van der Waals surface area contributed by atoms with Gasteiger partial charge in [-0.3, -0.25) is 9.36 Å². The van der Waals surface area contributed by atoms with Crippen molar-refractivity contribution in [2.24, 2.45) is 18.9 Å². The van der Waals surface area contributed by atoms with E-state index >= 15 is 0 Å². The van der Waals surface area contributed by atoms with Gasteiger partial charge in [-0.2, -0.15) is 10.2 Å². The van der Waals surface area contributed by atoms with Crippen LogP contribution in [0.5, 0.6) is 0 Å². The summed E-state index contributed by atoms with van der Waals surface area (Å²) in [6, 6.07) is 7.57. The number of imidazole rings is 1. The second-order valence-electron chi connectivity index (χ2n) is 8.32. The molecule has 1 unspecified atom stereocenters. The van der Waals surface area contributed by atoms with Crippen molar-refractivity contribution >= 4 is 28.5 Å². The first-order chi connectivity index (χ1) is 15.5. The monoisotopic (exact) mass is 448 g/mol. The van der Waals surface area contributed by atoms with Gasteiger partial charge in [-0.1, -0.05) is 16.8 Å². The van der Waals surface area contributed by atoms with Crippen LogP contribution in [-0.4, -0.2) is 42.3 Å². The van der Waals surface area contributed by atoms with Crippen molar-refractivity contribution in [1.29, 1.82) is 5.26 Å². The molecule has 0 bridgehead atoms. The number of aromatic nitrogens is 6. The molecular weight excluding hydrogens is 432 g/mol. The van der Waals surface area contributed by atoms with Gasteiger partial charge in [0.2, 0.25) is 5.89 Å². The van der Waals surface area contributed by atoms with Crippen molar-refractivity contribution in [2.45, 2.75) is 12.5 Å². The van der Waals surface area contributed by atoms with E-state index in [1.807, 2.05) is 12.1 Å². The van der Waals surface area contributed by atoms with Gasteiger partial charge < -0.3 is 14.0 Å². The fourth-order valence-corrected chi connectivity index (χ4v) is 4.97. The van der Waals surface area contributed by atoms with Gasteiger partial charge in [-0.25, -0.2) is 9.97 Å². The minimum absolute atomic E-state index is 0.160. The Hall–Kier alpha value is -3.71. The Kier molecular flexibility index (Phi) is 4.10. The second kappa shape index (κ2) is 6.90. The van der Waals surface area contributed by atoms with Crippen LogP contribution in [0, 0.1) is 23.2 Å². The van der Waals surface area contributed by atoms with Gasteiger partial charge in [0.1, 0.15) is 12.9 Å². The van der Waals surface area contributed by atoms with Crippen molar-refractivity contribution in [3.05, 3.63) is 63.5 Å². The number of aryl methyl sites for hydroxylation is 1. The van der Waals surface area contributed by atoms with E-state index in [1.165, 1.54) is 10.9 Å². The highest BCUT2D eigenvalue weighted by atomic mass is 35.5. The maximum absolute atomic E-state index is 12.7. The maximum atomic E-state index is 12.7. The third-order valence-corrected chi connectivity index (χ3v) is 6.58. The van der Waals surface area contributed by atoms with Gasteiger partial charge in [0.05, 0.1) is 18.0 Å². The number of hydrogen-bond acceptors (Lipinski definition) is 8. The molecule has 1 aliphatic heterocycles. The topological polar surface area (TPSA) is 119 Å². The average molecular weight is 449 g/mol. The Bertz CT molecular complexity index is 1450. The predicted octanol–water partition coefficient (Wildman–Crippen LogP) is 1.94. The molecule has 3 aromatic heterocycles. The van der Waals surface area contributed by atoms with Crippen LogP contribution in [0.2, 0.25) is 5.02 Å². The summed E-state index contributed by atoms with van der Waals surface area (Å²) in [5, 5.41) is 13.9. The van der Waals surface area contributed by atoms with Crippen LogP contribution in [0.25, 0.3) is 11.2 Å². The molecule has 1 saturated heterocycles. The SMILES string of the molecule is Cn1cnc2ncn(Cc3nc(C4[C@H]5CN(c6cc(Cl)cc(C#N)c6)C[C@@H]45)no3)c(=O)c21. The van der Waals surface area contributed by atoms with Crippen molar-refractivity contribution in [2.75, 3.05) is 18.0 Å². The Morgan fingerprint density at radius 1 is 1.22 bits per heavy atom. The van der Waals surface area contributed by atoms with Crippen LogP contribution in [0.1, 0.15) is 23.2 Å². The quantitative estimate of drug-likeness (QED) is 0.464. The van der Waals surface area contributed by atoms with Crippen LogP contribution in [-0.2, 0) is 13.6 Å². The second-order valence-corrected chi connectivity index (χ2v) is 8.76. The molecule has 2 fully saturated rings. The molecule has 10 nitrogen and oxygen atoms in total. The van der Waals surface area contributed by atoms with Crippen molar-refractivity contribution in [3.8, 4) is 6.07 Å². The lowest BCUT2D eigenvalue weighted by Gasteiger charge is -2.22. The van der Waals surface area contributed by atoms with E-state index in [9.17, 15) is 10.1 Å². The molecule has 1 aliphatic carbocycles. The summed E-state index contributed by atoms with van der Waals surface area (Å²) in [5.74, 6) is 2.16. The van der Waals surface area contributed by atoms with Crippen molar-refractivity contribution in [3.63, 3.8) is 0 Å². The molecule has 3 atom stereocenters. The zero-order valence-corrected chi connectivity index (χ0v) is 17.8. The van der Waals surface area contributed by atoms with Crippen LogP contribution >= 0.6 is 11.6 Å². The molecule has 4 heterocycles. The summed E-state index contributed by atoms with van der Waals surface area (Å²) in [4.78, 5) is 27.8. The lowest BCUT2D eigenvalue weighted by Crippen LogP contribution is -2.24. The van der Waals surface area contributed by atoms with E-state index in [0.717, 1.165) is 18.8 Å². The predicted molar refractivity (Wildman–Crippen MR) is 114 cm³/mol. The normalized spacial score (nSPS) is 21.7. The summed E-state index contributed by atoms with van der Waals surface area (Å²) in [5.41, 5.74) is 2.17. The standard InChI is InChI=1S/C21H17ClN8O2/c1-28-9-24-20-18(28)21(31)30(10-25-20)8-16-26-19(27-32-16)17-14-6-29(7-15(14)17)13-3-11(5-23)2-12(22)4-13/h2-4,9-10,14-15,17H,6-8H2,1H3/t14-,15+,17?. The number of fused-ring (bicyclic) bond motifs is 2. The first-order valence-corrected chi connectivity index (χ1v) is 10.5. The Labute approximate surface area is 186 Å². The van der Waals surface area contributed by atoms with Gasteiger partial charge in [-0.05, 0) is 30.0 Å². The largest absolute Gasteiger partial charge is 0.371 e. The van der Waals surface area contributed by atoms with E-state index in [1.54, 1.807) is 24.0 Å². The number of nitriles is 1. The summed E-state index contributed by atoms with van der Waals surface area (Å²) < 4.78 is 8.53. The number of rotatable bonds is 4. The smallest absolute Gasteiger partial charge is 0.280 e. The van der Waals surface area contributed by atoms with Gasteiger partial charge in [0.15, 0.2) is 17.0 Å². The molecule has 2 aliphatic rings. The molecular formula is C21H17ClN8O2. The number of piperidine rings is 1. The lowest BCUT2D eigenvalue weighted by atomic mass is 10.2. The average Bonchev–Trinajstić information content (AvgIpc) is 3.20. The first kappa shape index (κ1) is 19.0. The third-order valence-electron chi connectivity index (χ3n) is 6.36. The summed E-state index contributed by atoms with van der Waals surface area (Å²) in [6.45, 7) is 1.86. The van der Waals surface area contributed by atoms with Gasteiger partial charge in [0.25, 0.3) is 5.56 Å². The third kappa shape index (κ3) is 2.97. The molecule has 1 aromatic carbocycles. The van der Waals surface area contributed by atoms with Gasteiger partial charge >= 0.3 is 0 Å². The highest BCUT2D eigenvalue weighted by molar-refractivity contribution is 6.31. The van der Waals surface area contributed by atoms with Crippen LogP contribution < -0.4 is 10.5 Å². The summed E-state index contributed by atoms with van der Waals surface area (Å²) >= 11 is 6.15. The number of nitrogens with zero attached hydrogens (tertiary/aromatic N) is 8. The van der Waals surface area contributed by atoms with Crippen molar-refractivity contribution in [1.82, 2.24) is 29.2 Å². The Morgan fingerprint density at radius 2 is 2.00 bits per heavy atom. The van der Waals surface area contributed by atoms with Gasteiger partial charge in [-0.15, -0.1) is 0 Å². The Morgan fingerprint density at radius 3 is 2.78 bits per heavy atom. The van der Waals surface area contributed by atoms with E-state index in [4.69, 9.17) is 16.1 Å². The zero-order chi connectivity index (χ0) is 22.0. The number of hydrogen-bond donors (Lipinski definition) is 0. The Balaban J connectivity index is 1.16. The highest BCUT2D eigenvalue weighted by Crippen LogP contribution is 2.58. The van der Waals surface area contributed by atoms with E-state index in [2.05, 4.69) is 31.1 Å². The van der Waals surface area contributed by atoms with Gasteiger partial charge in [0, 0.05) is 36.8 Å². The van der Waals surface area contributed by atoms with Crippen LogP contribution in [0.15, 0.2) is 40.2 Å². The number of halogens is 1. The minimum Gasteiger partial charge on any atom is -0.371 e. The maximum Gasteiger partial charge on any atom is 0.280 e. The molecule has 1 saturated carbocycles. The van der Waals surface area contributed by atoms with E-state index in [0.29, 0.717) is 45.3 Å². The molecule has 160 valence electrons. The molecule has 4 aromatic rings. The fraction of sp³-hybridized carbons (Fsp3) is 0.333. The lowest BCUT2D eigenvalue weighted by molar-refractivity contribution is 0.363. The highest BCUT2D eigenvalue weighted by Gasteiger charge is 2.58. The van der Waals surface area contributed by atoms with Crippen LogP contribution in [0.4, 0.5) is 5.69 Å². The number of benzene rings is 1. The van der Waals surface area contributed by atoms with E-state index in [-0.39, 0.29) is 18.0 Å². The summed E-state index contributed by atoms with van der Waals surface area (Å²) in [7, 11) is 1.76. The fourth-order valence-electron chi connectivity index (χ4n) is 4.74. The first-order valence-electron chi connectivity index (χ1n) is 10.2.